The van der Waals surface area contributed by atoms with Crippen LogP contribution >= 0.6 is 0 Å². The van der Waals surface area contributed by atoms with Gasteiger partial charge in [-0.05, 0) is 109 Å². The molecule has 2 aliphatic rings. The first kappa shape index (κ1) is 23.0. The maximum atomic E-state index is 5.01. The summed E-state index contributed by atoms with van der Waals surface area (Å²) in [6.07, 6.45) is 16.7. The SMILES string of the molecule is CC1=N/C(C)c2nc(C)ccc2/C=C\C/C(c2cc(C3=CCCC=C3)cc(-c3ccccc3)c2)=C\1. The molecule has 2 heterocycles. The van der Waals surface area contributed by atoms with E-state index >= 15 is 0 Å². The van der Waals surface area contributed by atoms with Crippen LogP contribution in [-0.4, -0.2) is 10.7 Å². The predicted molar refractivity (Wildman–Crippen MR) is 150 cm³/mol. The standard InChI is InChI=1S/C33H32N2/c1-23-17-18-28-15-10-16-29(19-24(2)34-25(3)33(28)35-23)32-21-30(26-11-6-4-7-12-26)20-31(22-32)27-13-8-5-9-14-27/h4,6-8,10-15,17-22,25H,5,9,16H2,1-3H3/b15-10-,29-19+,34-24-. The van der Waals surface area contributed by atoms with Crippen LogP contribution in [0.3, 0.4) is 0 Å². The average molecular weight is 457 g/mol. The Bertz CT molecular complexity index is 1380. The molecule has 35 heavy (non-hydrogen) atoms. The maximum absolute atomic E-state index is 5.01. The van der Waals surface area contributed by atoms with E-state index in [-0.39, 0.29) is 6.04 Å². The fourth-order valence-electron chi connectivity index (χ4n) is 4.90. The minimum atomic E-state index is 0.00824. The molecule has 3 aromatic rings. The zero-order valence-corrected chi connectivity index (χ0v) is 20.8. The number of fused-ring (bicyclic) bond motifs is 1. The first-order valence-electron chi connectivity index (χ1n) is 12.5. The highest BCUT2D eigenvalue weighted by Crippen LogP contribution is 2.33. The molecule has 1 aliphatic carbocycles. The van der Waals surface area contributed by atoms with Gasteiger partial charge in [-0.1, -0.05) is 66.8 Å². The van der Waals surface area contributed by atoms with Gasteiger partial charge in [0.1, 0.15) is 0 Å². The zero-order chi connectivity index (χ0) is 24.2. The topological polar surface area (TPSA) is 25.2 Å². The maximum Gasteiger partial charge on any atom is 0.0900 e. The monoisotopic (exact) mass is 456 g/mol. The number of hydrogen-bond acceptors (Lipinski definition) is 2. The molecule has 5 rings (SSSR count). The summed E-state index contributed by atoms with van der Waals surface area (Å²) in [5, 5.41) is 0. The summed E-state index contributed by atoms with van der Waals surface area (Å²) in [6, 6.07) is 21.9. The molecule has 0 spiro atoms. The lowest BCUT2D eigenvalue weighted by atomic mass is 9.90. The van der Waals surface area contributed by atoms with Crippen LogP contribution in [0.1, 0.15) is 67.2 Å². The molecule has 1 aliphatic heterocycles. The van der Waals surface area contributed by atoms with Crippen LogP contribution in [-0.2, 0) is 0 Å². The van der Waals surface area contributed by atoms with Crippen molar-refractivity contribution < 1.29 is 0 Å². The highest BCUT2D eigenvalue weighted by Gasteiger charge is 2.14. The number of allylic oxidation sites excluding steroid dienone is 7. The van der Waals surface area contributed by atoms with E-state index in [2.05, 4.69) is 111 Å². The Morgan fingerprint density at radius 1 is 0.771 bits per heavy atom. The Morgan fingerprint density at radius 2 is 1.57 bits per heavy atom. The van der Waals surface area contributed by atoms with Crippen molar-refractivity contribution in [1.29, 1.82) is 0 Å². The van der Waals surface area contributed by atoms with Gasteiger partial charge in [-0.2, -0.15) is 0 Å². The molecule has 0 saturated heterocycles. The van der Waals surface area contributed by atoms with Gasteiger partial charge in [0.05, 0.1) is 11.7 Å². The largest absolute Gasteiger partial charge is 0.281 e. The van der Waals surface area contributed by atoms with Gasteiger partial charge in [0.25, 0.3) is 0 Å². The van der Waals surface area contributed by atoms with Crippen molar-refractivity contribution in [3.05, 3.63) is 119 Å². The molecule has 0 bridgehead atoms. The average Bonchev–Trinajstić information content (AvgIpc) is 2.89. The quantitative estimate of drug-likeness (QED) is 0.386. The van der Waals surface area contributed by atoms with Crippen molar-refractivity contribution in [2.45, 2.75) is 46.1 Å². The summed E-state index contributed by atoms with van der Waals surface area (Å²) < 4.78 is 0. The number of hydrogen-bond donors (Lipinski definition) is 0. The molecule has 2 heteroatoms. The van der Waals surface area contributed by atoms with Crippen molar-refractivity contribution >= 4 is 22.9 Å². The van der Waals surface area contributed by atoms with E-state index in [1.807, 2.05) is 6.92 Å². The van der Waals surface area contributed by atoms with E-state index in [0.717, 1.165) is 41.9 Å². The second-order valence-corrected chi connectivity index (χ2v) is 9.45. The van der Waals surface area contributed by atoms with Gasteiger partial charge < -0.3 is 0 Å². The summed E-state index contributed by atoms with van der Waals surface area (Å²) >= 11 is 0. The fourth-order valence-corrected chi connectivity index (χ4v) is 4.90. The Balaban J connectivity index is 1.62. The first-order chi connectivity index (χ1) is 17.1. The minimum absolute atomic E-state index is 0.00824. The van der Waals surface area contributed by atoms with E-state index in [1.165, 1.54) is 33.4 Å². The summed E-state index contributed by atoms with van der Waals surface area (Å²) in [5.41, 5.74) is 11.8. The summed E-state index contributed by atoms with van der Waals surface area (Å²) in [4.78, 5) is 9.81. The lowest BCUT2D eigenvalue weighted by Gasteiger charge is -2.16. The van der Waals surface area contributed by atoms with E-state index in [4.69, 9.17) is 9.98 Å². The third-order valence-corrected chi connectivity index (χ3v) is 6.65. The molecule has 0 radical (unpaired) electrons. The van der Waals surface area contributed by atoms with Gasteiger partial charge in [0.15, 0.2) is 0 Å². The third-order valence-electron chi connectivity index (χ3n) is 6.65. The van der Waals surface area contributed by atoms with Gasteiger partial charge in [-0.15, -0.1) is 0 Å². The highest BCUT2D eigenvalue weighted by atomic mass is 14.8. The first-order valence-corrected chi connectivity index (χ1v) is 12.5. The summed E-state index contributed by atoms with van der Waals surface area (Å²) in [5.74, 6) is 0. The van der Waals surface area contributed by atoms with Crippen molar-refractivity contribution in [2.24, 2.45) is 4.99 Å². The van der Waals surface area contributed by atoms with Gasteiger partial charge in [0.2, 0.25) is 0 Å². The number of aryl methyl sites for hydroxylation is 1. The number of nitrogens with zero attached hydrogens (tertiary/aromatic N) is 2. The molecule has 0 saturated carbocycles. The molecular weight excluding hydrogens is 424 g/mol. The molecule has 2 aromatic carbocycles. The van der Waals surface area contributed by atoms with E-state index in [1.54, 1.807) is 0 Å². The van der Waals surface area contributed by atoms with Crippen molar-refractivity contribution in [3.63, 3.8) is 0 Å². The van der Waals surface area contributed by atoms with E-state index in [0.29, 0.717) is 0 Å². The molecule has 1 unspecified atom stereocenters. The summed E-state index contributed by atoms with van der Waals surface area (Å²) in [7, 11) is 0. The molecule has 0 fully saturated rings. The Labute approximate surface area is 209 Å². The minimum Gasteiger partial charge on any atom is -0.281 e. The van der Waals surface area contributed by atoms with Gasteiger partial charge in [0, 0.05) is 11.4 Å². The predicted octanol–water partition coefficient (Wildman–Crippen LogP) is 8.81. The fraction of sp³-hybridized carbons (Fsp3) is 0.212. The molecule has 1 aromatic heterocycles. The van der Waals surface area contributed by atoms with Crippen LogP contribution in [0, 0.1) is 6.92 Å². The third kappa shape index (κ3) is 5.33. The van der Waals surface area contributed by atoms with Gasteiger partial charge in [-0.25, -0.2) is 0 Å². The Kier molecular flexibility index (Phi) is 6.72. The van der Waals surface area contributed by atoms with Crippen LogP contribution in [0.4, 0.5) is 0 Å². The number of aliphatic imine (C=N–C) groups is 1. The lowest BCUT2D eigenvalue weighted by molar-refractivity contribution is 0.775. The second kappa shape index (κ2) is 10.2. The van der Waals surface area contributed by atoms with Crippen LogP contribution in [0.2, 0.25) is 0 Å². The number of benzene rings is 2. The number of rotatable bonds is 3. The van der Waals surface area contributed by atoms with E-state index < -0.39 is 0 Å². The van der Waals surface area contributed by atoms with Gasteiger partial charge in [-0.3, -0.25) is 9.98 Å². The normalized spacial score (nSPS) is 21.7. The van der Waals surface area contributed by atoms with Crippen molar-refractivity contribution in [3.8, 4) is 11.1 Å². The molecule has 2 nitrogen and oxygen atoms in total. The molecule has 0 N–H and O–H groups in total. The number of pyridine rings is 1. The van der Waals surface area contributed by atoms with E-state index in [9.17, 15) is 0 Å². The van der Waals surface area contributed by atoms with Crippen LogP contribution in [0.25, 0.3) is 28.3 Å². The van der Waals surface area contributed by atoms with Gasteiger partial charge >= 0.3 is 0 Å². The van der Waals surface area contributed by atoms with Crippen LogP contribution in [0.5, 0.6) is 0 Å². The second-order valence-electron chi connectivity index (χ2n) is 9.45. The molecular formula is C33H32N2. The van der Waals surface area contributed by atoms with Crippen molar-refractivity contribution in [1.82, 2.24) is 4.98 Å². The number of aromatic nitrogens is 1. The molecule has 0 amide bonds. The smallest absolute Gasteiger partial charge is 0.0900 e. The Morgan fingerprint density at radius 3 is 2.37 bits per heavy atom. The lowest BCUT2D eigenvalue weighted by Crippen LogP contribution is -2.03. The van der Waals surface area contributed by atoms with Crippen LogP contribution in [0.15, 0.2) is 96.0 Å². The van der Waals surface area contributed by atoms with Crippen LogP contribution < -0.4 is 0 Å². The summed E-state index contributed by atoms with van der Waals surface area (Å²) in [6.45, 7) is 6.28. The molecule has 174 valence electrons. The molecule has 1 atom stereocenters. The zero-order valence-electron chi connectivity index (χ0n) is 20.8. The highest BCUT2D eigenvalue weighted by molar-refractivity contribution is 6.00. The van der Waals surface area contributed by atoms with Crippen molar-refractivity contribution in [2.75, 3.05) is 0 Å². The Hall–Kier alpha value is -3.78.